The maximum atomic E-state index is 3.32. The van der Waals surface area contributed by atoms with E-state index in [0.717, 1.165) is 19.6 Å². The molecule has 0 amide bonds. The quantitative estimate of drug-likeness (QED) is 0.781. The summed E-state index contributed by atoms with van der Waals surface area (Å²) in [4.78, 5) is 2.47. The number of likely N-dealkylation sites (N-methyl/N-ethyl adjacent to an activating group) is 1. The summed E-state index contributed by atoms with van der Waals surface area (Å²) in [6.45, 7) is 7.70. The van der Waals surface area contributed by atoms with Crippen molar-refractivity contribution in [2.24, 2.45) is 0 Å². The van der Waals surface area contributed by atoms with Gasteiger partial charge in [0.1, 0.15) is 0 Å². The second-order valence-corrected chi connectivity index (χ2v) is 3.93. The molecule has 14 heavy (non-hydrogen) atoms. The average molecular weight is 190 g/mol. The second-order valence-electron chi connectivity index (χ2n) is 3.93. The number of hydrogen-bond donors (Lipinski definition) is 1. The molecular formula is C12H18N2. The minimum atomic E-state index is 0.697. The first kappa shape index (κ1) is 9.53. The van der Waals surface area contributed by atoms with Crippen LogP contribution in [0.1, 0.15) is 12.5 Å². The fourth-order valence-corrected chi connectivity index (χ4v) is 1.88. The Hall–Kier alpha value is -1.02. The van der Waals surface area contributed by atoms with Gasteiger partial charge in [-0.25, -0.2) is 0 Å². The Morgan fingerprint density at radius 3 is 2.36 bits per heavy atom. The molecule has 0 radical (unpaired) electrons. The van der Waals surface area contributed by atoms with Crippen molar-refractivity contribution < 1.29 is 0 Å². The summed E-state index contributed by atoms with van der Waals surface area (Å²) < 4.78 is 0. The highest BCUT2D eigenvalue weighted by atomic mass is 15.2. The van der Waals surface area contributed by atoms with E-state index in [9.17, 15) is 0 Å². The van der Waals surface area contributed by atoms with Crippen molar-refractivity contribution in [3.8, 4) is 0 Å². The molecule has 0 saturated carbocycles. The van der Waals surface area contributed by atoms with E-state index in [0.29, 0.717) is 6.04 Å². The summed E-state index contributed by atoms with van der Waals surface area (Å²) in [6.07, 6.45) is 0. The van der Waals surface area contributed by atoms with Crippen LogP contribution in [0.4, 0.5) is 5.69 Å². The number of hydrogen-bond acceptors (Lipinski definition) is 2. The van der Waals surface area contributed by atoms with E-state index in [4.69, 9.17) is 0 Å². The molecule has 0 spiro atoms. The number of nitrogens with one attached hydrogen (secondary N) is 1. The summed E-state index contributed by atoms with van der Waals surface area (Å²) in [5, 5.41) is 3.32. The monoisotopic (exact) mass is 190 g/mol. The van der Waals surface area contributed by atoms with Gasteiger partial charge in [-0.2, -0.15) is 0 Å². The molecule has 2 heteroatoms. The summed E-state index contributed by atoms with van der Waals surface area (Å²) in [5.74, 6) is 0. The van der Waals surface area contributed by atoms with Crippen LogP contribution in [0.3, 0.4) is 0 Å². The molecule has 1 saturated heterocycles. The second kappa shape index (κ2) is 4.01. The third-order valence-electron chi connectivity index (χ3n) is 2.91. The molecule has 2 rings (SSSR count). The highest BCUT2D eigenvalue weighted by Crippen LogP contribution is 2.19. The van der Waals surface area contributed by atoms with Crippen LogP contribution in [0.5, 0.6) is 0 Å². The highest BCUT2D eigenvalue weighted by molar-refractivity contribution is 5.49. The van der Waals surface area contributed by atoms with Gasteiger partial charge in [0.25, 0.3) is 0 Å². The molecule has 1 aliphatic rings. The average Bonchev–Trinajstić information content (AvgIpc) is 2.13. The SMILES string of the molecule is CCN(c1ccc(C)cc1)C1CNC1. The molecule has 1 N–H and O–H groups in total. The zero-order valence-corrected chi connectivity index (χ0v) is 8.96. The van der Waals surface area contributed by atoms with Crippen LogP contribution < -0.4 is 10.2 Å². The Morgan fingerprint density at radius 1 is 1.29 bits per heavy atom. The molecule has 0 unspecified atom stereocenters. The van der Waals surface area contributed by atoms with Crippen LogP contribution in [0, 0.1) is 6.92 Å². The molecule has 1 aromatic carbocycles. The fourth-order valence-electron chi connectivity index (χ4n) is 1.88. The van der Waals surface area contributed by atoms with E-state index in [1.165, 1.54) is 11.3 Å². The lowest BCUT2D eigenvalue weighted by Gasteiger charge is -2.39. The van der Waals surface area contributed by atoms with E-state index in [1.54, 1.807) is 0 Å². The van der Waals surface area contributed by atoms with Crippen LogP contribution in [-0.4, -0.2) is 25.7 Å². The van der Waals surface area contributed by atoms with E-state index >= 15 is 0 Å². The number of rotatable bonds is 3. The van der Waals surface area contributed by atoms with Crippen molar-refractivity contribution in [1.82, 2.24) is 5.32 Å². The van der Waals surface area contributed by atoms with Crippen molar-refractivity contribution in [1.29, 1.82) is 0 Å². The van der Waals surface area contributed by atoms with Crippen LogP contribution in [-0.2, 0) is 0 Å². The van der Waals surface area contributed by atoms with Crippen LogP contribution >= 0.6 is 0 Å². The van der Waals surface area contributed by atoms with E-state index < -0.39 is 0 Å². The molecule has 2 nitrogen and oxygen atoms in total. The predicted molar refractivity (Wildman–Crippen MR) is 60.9 cm³/mol. The molecule has 0 bridgehead atoms. The summed E-state index contributed by atoms with van der Waals surface area (Å²) >= 11 is 0. The lowest BCUT2D eigenvalue weighted by Crippen LogP contribution is -2.57. The number of anilines is 1. The van der Waals surface area contributed by atoms with Gasteiger partial charge >= 0.3 is 0 Å². The highest BCUT2D eigenvalue weighted by Gasteiger charge is 2.23. The van der Waals surface area contributed by atoms with Gasteiger partial charge in [0.05, 0.1) is 6.04 Å². The van der Waals surface area contributed by atoms with Crippen molar-refractivity contribution in [3.63, 3.8) is 0 Å². The molecule has 76 valence electrons. The Labute approximate surface area is 85.9 Å². The summed E-state index contributed by atoms with van der Waals surface area (Å²) in [6, 6.07) is 9.50. The van der Waals surface area contributed by atoms with Crippen molar-refractivity contribution in [2.45, 2.75) is 19.9 Å². The molecule has 1 aliphatic heterocycles. The number of aryl methyl sites for hydroxylation is 1. The minimum absolute atomic E-state index is 0.697. The summed E-state index contributed by atoms with van der Waals surface area (Å²) in [5.41, 5.74) is 2.68. The van der Waals surface area contributed by atoms with Gasteiger partial charge in [-0.3, -0.25) is 0 Å². The third kappa shape index (κ3) is 1.75. The number of benzene rings is 1. The van der Waals surface area contributed by atoms with Gasteiger partial charge in [-0.15, -0.1) is 0 Å². The van der Waals surface area contributed by atoms with Gasteiger partial charge in [-0.05, 0) is 26.0 Å². The van der Waals surface area contributed by atoms with Gasteiger partial charge in [0, 0.05) is 25.3 Å². The minimum Gasteiger partial charge on any atom is -0.366 e. The van der Waals surface area contributed by atoms with Crippen molar-refractivity contribution in [3.05, 3.63) is 29.8 Å². The lowest BCUT2D eigenvalue weighted by atomic mass is 10.1. The van der Waals surface area contributed by atoms with Crippen LogP contribution in [0.15, 0.2) is 24.3 Å². The first-order valence-electron chi connectivity index (χ1n) is 5.35. The first-order chi connectivity index (χ1) is 6.81. The maximum Gasteiger partial charge on any atom is 0.0538 e. The lowest BCUT2D eigenvalue weighted by molar-refractivity contribution is 0.417. The summed E-state index contributed by atoms with van der Waals surface area (Å²) in [7, 11) is 0. The van der Waals surface area contributed by atoms with Gasteiger partial charge < -0.3 is 10.2 Å². The molecule has 0 aromatic heterocycles. The van der Waals surface area contributed by atoms with Crippen molar-refractivity contribution >= 4 is 5.69 Å². The van der Waals surface area contributed by atoms with Crippen molar-refractivity contribution in [2.75, 3.05) is 24.5 Å². The molecule has 0 atom stereocenters. The van der Waals surface area contributed by atoms with Gasteiger partial charge in [0.15, 0.2) is 0 Å². The standard InChI is InChI=1S/C12H18N2/c1-3-14(12-8-13-9-12)11-6-4-10(2)5-7-11/h4-7,12-13H,3,8-9H2,1-2H3. The molecule has 1 fully saturated rings. The Kier molecular flexibility index (Phi) is 2.73. The van der Waals surface area contributed by atoms with E-state index in [-0.39, 0.29) is 0 Å². The zero-order valence-electron chi connectivity index (χ0n) is 8.96. The predicted octanol–water partition coefficient (Wildman–Crippen LogP) is 1.79. The normalized spacial score (nSPS) is 16.4. The van der Waals surface area contributed by atoms with Gasteiger partial charge in [-0.1, -0.05) is 17.7 Å². The largest absolute Gasteiger partial charge is 0.366 e. The van der Waals surface area contributed by atoms with E-state index in [1.807, 2.05) is 0 Å². The molecular weight excluding hydrogens is 172 g/mol. The number of nitrogens with zero attached hydrogens (tertiary/aromatic N) is 1. The maximum absolute atomic E-state index is 3.32. The Bertz CT molecular complexity index is 288. The smallest absolute Gasteiger partial charge is 0.0538 e. The third-order valence-corrected chi connectivity index (χ3v) is 2.91. The Balaban J connectivity index is 2.14. The van der Waals surface area contributed by atoms with Crippen LogP contribution in [0.25, 0.3) is 0 Å². The van der Waals surface area contributed by atoms with Gasteiger partial charge in [0.2, 0.25) is 0 Å². The zero-order chi connectivity index (χ0) is 9.97. The van der Waals surface area contributed by atoms with Crippen LogP contribution in [0.2, 0.25) is 0 Å². The molecule has 0 aliphatic carbocycles. The first-order valence-corrected chi connectivity index (χ1v) is 5.35. The molecule has 1 heterocycles. The topological polar surface area (TPSA) is 15.3 Å². The fraction of sp³-hybridized carbons (Fsp3) is 0.500. The van der Waals surface area contributed by atoms with E-state index in [2.05, 4.69) is 48.3 Å². The molecule has 1 aromatic rings. The Morgan fingerprint density at radius 2 is 1.93 bits per heavy atom.